The SMILES string of the molecule is Cc1c(C)c(C)c([C@@H]2c3c(n(C)c(=O)n(C)c3=O)N=C3c4ccccc4C(=O)[C@@H]32)c(C)c1C. The molecule has 33 heavy (non-hydrogen) atoms. The van der Waals surface area contributed by atoms with Gasteiger partial charge in [-0.15, -0.1) is 0 Å². The number of aromatic nitrogens is 2. The molecule has 0 amide bonds. The number of Topliss-reactive ketones (excluding diaryl/α,β-unsaturated/α-hetero) is 1. The van der Waals surface area contributed by atoms with Gasteiger partial charge in [-0.25, -0.2) is 9.79 Å². The van der Waals surface area contributed by atoms with Crippen molar-refractivity contribution in [3.05, 3.63) is 95.2 Å². The number of fused-ring (bicyclic) bond motifs is 4. The first-order chi connectivity index (χ1) is 15.6. The molecule has 2 atom stereocenters. The van der Waals surface area contributed by atoms with Crippen molar-refractivity contribution in [3.8, 4) is 0 Å². The lowest BCUT2D eigenvalue weighted by atomic mass is 9.72. The van der Waals surface area contributed by atoms with E-state index in [4.69, 9.17) is 4.99 Å². The molecule has 6 heteroatoms. The van der Waals surface area contributed by atoms with Crippen LogP contribution in [0.5, 0.6) is 0 Å². The molecular weight excluding hydrogens is 414 g/mol. The zero-order chi connectivity index (χ0) is 23.9. The van der Waals surface area contributed by atoms with Crippen molar-refractivity contribution < 1.29 is 4.79 Å². The van der Waals surface area contributed by atoms with E-state index < -0.39 is 17.5 Å². The van der Waals surface area contributed by atoms with Crippen molar-refractivity contribution in [2.24, 2.45) is 25.0 Å². The van der Waals surface area contributed by atoms with Gasteiger partial charge in [-0.3, -0.25) is 18.7 Å². The molecule has 3 aromatic rings. The molecule has 0 saturated carbocycles. The Labute approximate surface area is 192 Å². The van der Waals surface area contributed by atoms with Crippen LogP contribution in [0.25, 0.3) is 0 Å². The minimum atomic E-state index is -0.598. The number of carbonyl (C=O) groups is 1. The maximum absolute atomic E-state index is 13.8. The molecule has 5 rings (SSSR count). The van der Waals surface area contributed by atoms with Gasteiger partial charge in [-0.1, -0.05) is 24.3 Å². The zero-order valence-corrected chi connectivity index (χ0v) is 20.0. The van der Waals surface area contributed by atoms with Gasteiger partial charge in [0.25, 0.3) is 5.56 Å². The van der Waals surface area contributed by atoms with Crippen LogP contribution < -0.4 is 11.2 Å². The fourth-order valence-corrected chi connectivity index (χ4v) is 5.67. The van der Waals surface area contributed by atoms with Crippen LogP contribution in [0.1, 0.15) is 60.8 Å². The maximum Gasteiger partial charge on any atom is 0.332 e. The Morgan fingerprint density at radius 1 is 0.697 bits per heavy atom. The van der Waals surface area contributed by atoms with Crippen LogP contribution in [-0.2, 0) is 14.1 Å². The molecule has 0 N–H and O–H groups in total. The van der Waals surface area contributed by atoms with Gasteiger partial charge in [0.15, 0.2) is 5.78 Å². The van der Waals surface area contributed by atoms with E-state index in [-0.39, 0.29) is 11.3 Å². The third kappa shape index (κ3) is 2.60. The number of nitrogens with zero attached hydrogens (tertiary/aromatic N) is 3. The normalized spacial score (nSPS) is 18.6. The Hall–Kier alpha value is -3.54. The van der Waals surface area contributed by atoms with E-state index >= 15 is 0 Å². The van der Waals surface area contributed by atoms with Gasteiger partial charge >= 0.3 is 5.69 Å². The first-order valence-electron chi connectivity index (χ1n) is 11.2. The molecule has 0 unspecified atom stereocenters. The summed E-state index contributed by atoms with van der Waals surface area (Å²) in [7, 11) is 3.12. The van der Waals surface area contributed by atoms with Crippen molar-refractivity contribution in [2.75, 3.05) is 0 Å². The lowest BCUT2D eigenvalue weighted by molar-refractivity contribution is 0.0953. The summed E-state index contributed by atoms with van der Waals surface area (Å²) in [6.07, 6.45) is 0. The van der Waals surface area contributed by atoms with Gasteiger partial charge in [0, 0.05) is 31.1 Å². The molecule has 2 aromatic carbocycles. The summed E-state index contributed by atoms with van der Waals surface area (Å²) in [4.78, 5) is 44.9. The number of benzene rings is 2. The summed E-state index contributed by atoms with van der Waals surface area (Å²) in [5.41, 5.74) is 8.33. The number of hydrogen-bond donors (Lipinski definition) is 0. The quantitative estimate of drug-likeness (QED) is 0.578. The van der Waals surface area contributed by atoms with Crippen LogP contribution in [0.2, 0.25) is 0 Å². The monoisotopic (exact) mass is 441 g/mol. The number of rotatable bonds is 1. The van der Waals surface area contributed by atoms with E-state index in [2.05, 4.69) is 34.6 Å². The summed E-state index contributed by atoms with van der Waals surface area (Å²) in [6.45, 7) is 10.4. The highest BCUT2D eigenvalue weighted by molar-refractivity contribution is 6.30. The van der Waals surface area contributed by atoms with Gasteiger partial charge in [0.1, 0.15) is 5.82 Å². The van der Waals surface area contributed by atoms with Crippen LogP contribution >= 0.6 is 0 Å². The average molecular weight is 442 g/mol. The molecule has 0 radical (unpaired) electrons. The fourth-order valence-electron chi connectivity index (χ4n) is 5.67. The summed E-state index contributed by atoms with van der Waals surface area (Å²) in [5.74, 6) is -0.793. The van der Waals surface area contributed by atoms with E-state index in [0.29, 0.717) is 22.7 Å². The smallest absolute Gasteiger partial charge is 0.293 e. The van der Waals surface area contributed by atoms with E-state index in [1.807, 2.05) is 24.3 Å². The second-order valence-electron chi connectivity index (χ2n) is 9.34. The van der Waals surface area contributed by atoms with Gasteiger partial charge in [-0.2, -0.15) is 0 Å². The van der Waals surface area contributed by atoms with Crippen molar-refractivity contribution in [1.82, 2.24) is 9.13 Å². The fraction of sp³-hybridized carbons (Fsp3) is 0.333. The molecule has 168 valence electrons. The number of carbonyl (C=O) groups excluding carboxylic acids is 1. The van der Waals surface area contributed by atoms with Gasteiger partial charge in [0.2, 0.25) is 0 Å². The second kappa shape index (κ2) is 6.98. The highest BCUT2D eigenvalue weighted by Crippen LogP contribution is 2.49. The predicted octanol–water partition coefficient (Wildman–Crippen LogP) is 3.70. The molecular formula is C27H27N3O3. The van der Waals surface area contributed by atoms with Crippen LogP contribution in [0.4, 0.5) is 5.82 Å². The zero-order valence-electron chi connectivity index (χ0n) is 20.0. The van der Waals surface area contributed by atoms with E-state index in [1.165, 1.54) is 17.2 Å². The van der Waals surface area contributed by atoms with E-state index in [1.54, 1.807) is 7.05 Å². The molecule has 6 nitrogen and oxygen atoms in total. The van der Waals surface area contributed by atoms with Crippen molar-refractivity contribution in [2.45, 2.75) is 40.5 Å². The van der Waals surface area contributed by atoms with Crippen molar-refractivity contribution in [3.63, 3.8) is 0 Å². The molecule has 0 saturated heterocycles. The van der Waals surface area contributed by atoms with Gasteiger partial charge in [-0.05, 0) is 68.0 Å². The molecule has 1 aliphatic heterocycles. The Bertz CT molecular complexity index is 1520. The van der Waals surface area contributed by atoms with Crippen LogP contribution in [0.15, 0.2) is 38.8 Å². The highest BCUT2D eigenvalue weighted by atomic mass is 16.2. The summed E-state index contributed by atoms with van der Waals surface area (Å²) >= 11 is 0. The molecule has 1 aromatic heterocycles. The summed E-state index contributed by atoms with van der Waals surface area (Å²) < 4.78 is 2.55. The third-order valence-electron chi connectivity index (χ3n) is 7.95. The Kier molecular flexibility index (Phi) is 4.51. The number of ketones is 1. The Morgan fingerprint density at radius 3 is 1.85 bits per heavy atom. The lowest BCUT2D eigenvalue weighted by Crippen LogP contribution is -2.43. The minimum Gasteiger partial charge on any atom is -0.293 e. The van der Waals surface area contributed by atoms with Crippen LogP contribution in [-0.4, -0.2) is 20.6 Å². The molecule has 1 aliphatic carbocycles. The van der Waals surface area contributed by atoms with E-state index in [0.717, 1.165) is 37.9 Å². The first kappa shape index (κ1) is 21.3. The largest absolute Gasteiger partial charge is 0.332 e. The molecule has 0 bridgehead atoms. The number of hydrogen-bond acceptors (Lipinski definition) is 4. The third-order valence-corrected chi connectivity index (χ3v) is 7.95. The molecule has 2 heterocycles. The Morgan fingerprint density at radius 2 is 1.24 bits per heavy atom. The van der Waals surface area contributed by atoms with Gasteiger partial charge in [0.05, 0.1) is 17.2 Å². The minimum absolute atomic E-state index is 0.0226. The molecule has 0 spiro atoms. The lowest BCUT2D eigenvalue weighted by Gasteiger charge is -2.33. The average Bonchev–Trinajstić information content (AvgIpc) is 3.10. The molecule has 2 aliphatic rings. The van der Waals surface area contributed by atoms with E-state index in [9.17, 15) is 14.4 Å². The number of aliphatic imine (C=N–C) groups is 1. The Balaban J connectivity index is 1.98. The maximum atomic E-state index is 13.8. The van der Waals surface area contributed by atoms with Crippen molar-refractivity contribution in [1.29, 1.82) is 0 Å². The highest BCUT2D eigenvalue weighted by Gasteiger charge is 2.48. The van der Waals surface area contributed by atoms with Crippen LogP contribution in [0.3, 0.4) is 0 Å². The van der Waals surface area contributed by atoms with Gasteiger partial charge < -0.3 is 0 Å². The summed E-state index contributed by atoms with van der Waals surface area (Å²) in [6, 6.07) is 7.46. The predicted molar refractivity (Wildman–Crippen MR) is 129 cm³/mol. The van der Waals surface area contributed by atoms with Crippen molar-refractivity contribution >= 4 is 17.3 Å². The topological polar surface area (TPSA) is 73.4 Å². The first-order valence-corrected chi connectivity index (χ1v) is 11.2. The van der Waals surface area contributed by atoms with Crippen LogP contribution in [0, 0.1) is 40.5 Å². The molecule has 0 fully saturated rings. The second-order valence-corrected chi connectivity index (χ2v) is 9.34. The standard InChI is InChI=1S/C27H27N3O3/c1-12-13(2)15(4)19(16(5)14(12)3)20-21-23(17-10-8-9-11-18(17)24(21)31)28-25-22(20)26(32)30(7)27(33)29(25)6/h8-11,20-21H,1-7H3/t20-,21+/m0/s1. The summed E-state index contributed by atoms with van der Waals surface area (Å²) in [5, 5.41) is 0.